The van der Waals surface area contributed by atoms with Gasteiger partial charge in [-0.25, -0.2) is 9.37 Å². The second kappa shape index (κ2) is 9.90. The largest absolute Gasteiger partial charge is 0.399 e. The van der Waals surface area contributed by atoms with E-state index in [0.717, 1.165) is 12.3 Å². The molecule has 1 aliphatic carbocycles. The molecule has 3 aliphatic rings. The molecule has 10 nitrogen and oxygen atoms in total. The summed E-state index contributed by atoms with van der Waals surface area (Å²) in [6, 6.07) is -0.563. The highest BCUT2D eigenvalue weighted by Gasteiger charge is 2.70. The number of halogens is 4. The van der Waals surface area contributed by atoms with Crippen molar-refractivity contribution in [1.29, 1.82) is 5.26 Å². The minimum Gasteiger partial charge on any atom is -0.339 e. The molecule has 0 spiro atoms. The first-order chi connectivity index (χ1) is 18.4. The smallest absolute Gasteiger partial charge is 0.339 e. The molecule has 0 radical (unpaired) electrons. The standard InChI is InChI=1S/C26H30ClF3N6O4/c1-24(2,3)18(34-23(40)26(27,29)30)22(39)36-10-15-16(25(15,4)5)17(36)21(38)33-12(8-31)7-14-13-6-11(28)9-32-19(13)35-20(14)37/h6,9,12,14-18H,7,10H2,1-5H3,(H,33,38)(H,34,40)(H,32,35,37)/t12-,14?,15-,16-,17-,18+/m0/s1. The van der Waals surface area contributed by atoms with Crippen LogP contribution >= 0.6 is 11.6 Å². The normalized spacial score (nSPS) is 26.1. The van der Waals surface area contributed by atoms with Gasteiger partial charge in [0.25, 0.3) is 0 Å². The van der Waals surface area contributed by atoms with Crippen molar-refractivity contribution in [3.63, 3.8) is 0 Å². The molecular formula is C26H30ClF3N6O4. The zero-order valence-corrected chi connectivity index (χ0v) is 23.3. The van der Waals surface area contributed by atoms with Crippen LogP contribution < -0.4 is 16.0 Å². The third-order valence-electron chi connectivity index (χ3n) is 8.17. The average Bonchev–Trinajstić information content (AvgIpc) is 3.14. The van der Waals surface area contributed by atoms with Crippen LogP contribution in [0, 0.1) is 39.8 Å². The van der Waals surface area contributed by atoms with Crippen LogP contribution in [-0.2, 0) is 19.2 Å². The van der Waals surface area contributed by atoms with Crippen molar-refractivity contribution in [2.24, 2.45) is 22.7 Å². The van der Waals surface area contributed by atoms with Gasteiger partial charge in [0.2, 0.25) is 17.7 Å². The van der Waals surface area contributed by atoms with E-state index < -0.39 is 64.3 Å². The van der Waals surface area contributed by atoms with Gasteiger partial charge in [-0.1, -0.05) is 34.6 Å². The van der Waals surface area contributed by atoms with Crippen molar-refractivity contribution in [1.82, 2.24) is 20.5 Å². The van der Waals surface area contributed by atoms with Crippen LogP contribution in [0.25, 0.3) is 0 Å². The zero-order chi connectivity index (χ0) is 29.9. The SMILES string of the molecule is CC(C)(C)[C@H](NC(=O)C(F)(F)Cl)C(=O)N1C[C@H]2[C@@H]([C@H]1C(=O)N[C@H](C#N)CC1C(=O)Nc3ncc(F)cc31)C2(C)C. The Kier molecular flexibility index (Phi) is 7.32. The lowest BCUT2D eigenvalue weighted by Gasteiger charge is -2.38. The lowest BCUT2D eigenvalue weighted by molar-refractivity contribution is -0.148. The first-order valence-electron chi connectivity index (χ1n) is 12.7. The molecule has 2 fully saturated rings. The highest BCUT2D eigenvalue weighted by molar-refractivity contribution is 6.32. The van der Waals surface area contributed by atoms with E-state index in [4.69, 9.17) is 11.6 Å². The van der Waals surface area contributed by atoms with E-state index in [2.05, 4.69) is 15.6 Å². The number of hydrogen-bond acceptors (Lipinski definition) is 6. The summed E-state index contributed by atoms with van der Waals surface area (Å²) in [4.78, 5) is 56.9. The van der Waals surface area contributed by atoms with Gasteiger partial charge in [-0.2, -0.15) is 14.0 Å². The number of nitrogens with one attached hydrogen (secondary N) is 3. The van der Waals surface area contributed by atoms with Gasteiger partial charge in [0.1, 0.15) is 29.8 Å². The monoisotopic (exact) mass is 582 g/mol. The third-order valence-corrected chi connectivity index (χ3v) is 8.34. The maximum atomic E-state index is 13.8. The van der Waals surface area contributed by atoms with Crippen LogP contribution in [-0.4, -0.2) is 63.6 Å². The molecule has 0 aromatic carbocycles. The summed E-state index contributed by atoms with van der Waals surface area (Å²) in [7, 11) is 0. The molecule has 6 atom stereocenters. The van der Waals surface area contributed by atoms with E-state index in [1.165, 1.54) is 4.90 Å². The summed E-state index contributed by atoms with van der Waals surface area (Å²) in [5, 5.41) is 12.7. The van der Waals surface area contributed by atoms with Crippen LogP contribution in [0.4, 0.5) is 19.0 Å². The Morgan fingerprint density at radius 1 is 1.30 bits per heavy atom. The lowest BCUT2D eigenvalue weighted by Crippen LogP contribution is -2.61. The first-order valence-corrected chi connectivity index (χ1v) is 13.1. The Bertz CT molecular complexity index is 1300. The maximum absolute atomic E-state index is 13.8. The number of hydrogen-bond donors (Lipinski definition) is 3. The Labute approximate surface area is 234 Å². The predicted molar refractivity (Wildman–Crippen MR) is 136 cm³/mol. The summed E-state index contributed by atoms with van der Waals surface area (Å²) in [6.07, 6.45) is 0.780. The van der Waals surface area contributed by atoms with Gasteiger partial charge in [-0.3, -0.25) is 19.2 Å². The topological polar surface area (TPSA) is 144 Å². The molecule has 216 valence electrons. The molecule has 3 heterocycles. The minimum atomic E-state index is -4.24. The molecule has 1 saturated carbocycles. The number of nitriles is 1. The number of carbonyl (C=O) groups excluding carboxylic acids is 4. The second-order valence-corrected chi connectivity index (χ2v) is 12.7. The number of aromatic nitrogens is 1. The molecule has 1 saturated heterocycles. The number of rotatable bonds is 7. The summed E-state index contributed by atoms with van der Waals surface area (Å²) < 4.78 is 40.7. The lowest BCUT2D eigenvalue weighted by atomic mass is 9.85. The van der Waals surface area contributed by atoms with Crippen molar-refractivity contribution < 1.29 is 32.3 Å². The fourth-order valence-corrected chi connectivity index (χ4v) is 5.94. The molecule has 14 heteroatoms. The van der Waals surface area contributed by atoms with Gasteiger partial charge in [0, 0.05) is 12.1 Å². The summed E-state index contributed by atoms with van der Waals surface area (Å²) in [5.41, 5.74) is -1.06. The number of amides is 4. The number of likely N-dealkylation sites (tertiary alicyclic amines) is 1. The number of carbonyl (C=O) groups is 4. The van der Waals surface area contributed by atoms with E-state index in [1.54, 1.807) is 20.8 Å². The molecule has 40 heavy (non-hydrogen) atoms. The number of alkyl halides is 3. The molecule has 1 aromatic heterocycles. The third kappa shape index (κ3) is 5.33. The van der Waals surface area contributed by atoms with Crippen molar-refractivity contribution >= 4 is 41.0 Å². The number of piperidine rings is 1. The summed E-state index contributed by atoms with van der Waals surface area (Å²) >= 11 is 4.86. The van der Waals surface area contributed by atoms with Crippen LogP contribution in [0.3, 0.4) is 0 Å². The fraction of sp³-hybridized carbons (Fsp3) is 0.615. The van der Waals surface area contributed by atoms with Crippen LogP contribution in [0.5, 0.6) is 0 Å². The predicted octanol–water partition coefficient (Wildman–Crippen LogP) is 2.50. The van der Waals surface area contributed by atoms with Crippen molar-refractivity contribution in [3.8, 4) is 6.07 Å². The molecule has 1 aromatic rings. The molecule has 4 rings (SSSR count). The zero-order valence-electron chi connectivity index (χ0n) is 22.5. The molecule has 0 bridgehead atoms. The number of fused-ring (bicyclic) bond motifs is 2. The molecule has 4 amide bonds. The number of nitrogens with zero attached hydrogens (tertiary/aromatic N) is 3. The summed E-state index contributed by atoms with van der Waals surface area (Å²) in [5.74, 6) is -5.50. The van der Waals surface area contributed by atoms with Crippen LogP contribution in [0.2, 0.25) is 0 Å². The first kappa shape index (κ1) is 29.6. The van der Waals surface area contributed by atoms with Crippen molar-refractivity contribution in [2.75, 3.05) is 11.9 Å². The quantitative estimate of drug-likeness (QED) is 0.421. The number of pyridine rings is 1. The summed E-state index contributed by atoms with van der Waals surface area (Å²) in [6.45, 7) is 8.74. The van der Waals surface area contributed by atoms with Gasteiger partial charge >= 0.3 is 11.3 Å². The molecular weight excluding hydrogens is 553 g/mol. The van der Waals surface area contributed by atoms with E-state index in [-0.39, 0.29) is 41.6 Å². The Hall–Kier alpha value is -3.40. The van der Waals surface area contributed by atoms with Gasteiger partial charge in [0.15, 0.2) is 0 Å². The average molecular weight is 583 g/mol. The van der Waals surface area contributed by atoms with E-state index in [0.29, 0.717) is 0 Å². The van der Waals surface area contributed by atoms with Gasteiger partial charge < -0.3 is 20.9 Å². The number of anilines is 1. The minimum absolute atomic E-state index is 0.0694. The van der Waals surface area contributed by atoms with Gasteiger partial charge in [-0.15, -0.1) is 0 Å². The molecule has 3 N–H and O–H groups in total. The van der Waals surface area contributed by atoms with Gasteiger partial charge in [0.05, 0.1) is 18.2 Å². The van der Waals surface area contributed by atoms with E-state index in [1.807, 2.05) is 25.2 Å². The molecule has 1 unspecified atom stereocenters. The fourth-order valence-electron chi connectivity index (χ4n) is 5.88. The molecule has 2 aliphatic heterocycles. The van der Waals surface area contributed by atoms with Crippen molar-refractivity contribution in [2.45, 2.75) is 70.5 Å². The Morgan fingerprint density at radius 2 is 1.95 bits per heavy atom. The van der Waals surface area contributed by atoms with Crippen LogP contribution in [0.1, 0.15) is 52.5 Å². The van der Waals surface area contributed by atoms with E-state index in [9.17, 15) is 37.6 Å². The highest BCUT2D eigenvalue weighted by Crippen LogP contribution is 2.65. The van der Waals surface area contributed by atoms with Crippen molar-refractivity contribution in [3.05, 3.63) is 23.6 Å². The Balaban J connectivity index is 1.55. The van der Waals surface area contributed by atoms with Gasteiger partial charge in [-0.05, 0) is 46.8 Å². The second-order valence-electron chi connectivity index (χ2n) is 12.2. The highest BCUT2D eigenvalue weighted by atomic mass is 35.5. The van der Waals surface area contributed by atoms with E-state index >= 15 is 0 Å². The Morgan fingerprint density at radius 3 is 2.52 bits per heavy atom. The van der Waals surface area contributed by atoms with Crippen LogP contribution in [0.15, 0.2) is 12.3 Å². The maximum Gasteiger partial charge on any atom is 0.399 e.